The molecular weight excluding hydrogens is 352 g/mol. The molecule has 0 bridgehead atoms. The summed E-state index contributed by atoms with van der Waals surface area (Å²) in [4.78, 5) is 33.0. The number of hydrogen-bond acceptors (Lipinski definition) is 7. The predicted octanol–water partition coefficient (Wildman–Crippen LogP) is 3.88. The van der Waals surface area contributed by atoms with E-state index >= 15 is 0 Å². The van der Waals surface area contributed by atoms with Crippen molar-refractivity contribution in [3.63, 3.8) is 0 Å². The van der Waals surface area contributed by atoms with Crippen molar-refractivity contribution in [3.05, 3.63) is 41.0 Å². The summed E-state index contributed by atoms with van der Waals surface area (Å²) in [6.07, 6.45) is 1.46. The molecule has 7 nitrogen and oxygen atoms in total. The molecule has 0 radical (unpaired) electrons. The summed E-state index contributed by atoms with van der Waals surface area (Å²) < 4.78 is 5.11. The molecule has 134 valence electrons. The van der Waals surface area contributed by atoms with Gasteiger partial charge in [0.1, 0.15) is 21.9 Å². The van der Waals surface area contributed by atoms with Gasteiger partial charge in [-0.1, -0.05) is 0 Å². The van der Waals surface area contributed by atoms with Crippen molar-refractivity contribution in [2.75, 3.05) is 17.2 Å². The molecule has 0 unspecified atom stereocenters. The van der Waals surface area contributed by atoms with Crippen LogP contribution in [-0.2, 0) is 9.53 Å². The van der Waals surface area contributed by atoms with Crippen LogP contribution < -0.4 is 10.6 Å². The SMILES string of the molecule is CCOC(=O)c1sc2ncnc(Nc3ccc(NC(C)=O)cc3)c2c1C. The van der Waals surface area contributed by atoms with Crippen molar-refractivity contribution in [1.29, 1.82) is 0 Å². The number of carbonyl (C=O) groups excluding carboxylic acids is 2. The van der Waals surface area contributed by atoms with E-state index in [9.17, 15) is 9.59 Å². The van der Waals surface area contributed by atoms with E-state index in [2.05, 4.69) is 20.6 Å². The van der Waals surface area contributed by atoms with Gasteiger partial charge in [-0.25, -0.2) is 14.8 Å². The number of aromatic nitrogens is 2. The number of carbonyl (C=O) groups is 2. The van der Waals surface area contributed by atoms with Crippen molar-refractivity contribution >= 4 is 50.6 Å². The second-order valence-corrected chi connectivity index (χ2v) is 6.56. The number of nitrogens with one attached hydrogen (secondary N) is 2. The van der Waals surface area contributed by atoms with E-state index < -0.39 is 0 Å². The molecule has 8 heteroatoms. The Bertz CT molecular complexity index is 966. The fourth-order valence-electron chi connectivity index (χ4n) is 2.53. The highest BCUT2D eigenvalue weighted by Crippen LogP contribution is 2.34. The fraction of sp³-hybridized carbons (Fsp3) is 0.222. The second kappa shape index (κ2) is 7.49. The number of ether oxygens (including phenoxy) is 1. The van der Waals surface area contributed by atoms with Crippen LogP contribution in [0, 0.1) is 6.92 Å². The average molecular weight is 370 g/mol. The molecule has 3 rings (SSSR count). The molecule has 26 heavy (non-hydrogen) atoms. The Morgan fingerprint density at radius 1 is 1.15 bits per heavy atom. The third kappa shape index (κ3) is 3.65. The zero-order valence-corrected chi connectivity index (χ0v) is 15.4. The van der Waals surface area contributed by atoms with Gasteiger partial charge in [0.15, 0.2) is 0 Å². The third-order valence-electron chi connectivity index (χ3n) is 3.66. The largest absolute Gasteiger partial charge is 0.462 e. The number of aryl methyl sites for hydroxylation is 1. The number of esters is 1. The van der Waals surface area contributed by atoms with Crippen LogP contribution in [0.25, 0.3) is 10.2 Å². The fourth-order valence-corrected chi connectivity index (χ4v) is 3.58. The van der Waals surface area contributed by atoms with Gasteiger partial charge < -0.3 is 15.4 Å². The number of fused-ring (bicyclic) bond motifs is 1. The molecule has 0 saturated heterocycles. The first-order chi connectivity index (χ1) is 12.5. The number of hydrogen-bond donors (Lipinski definition) is 2. The van der Waals surface area contributed by atoms with E-state index in [4.69, 9.17) is 4.74 Å². The highest BCUT2D eigenvalue weighted by atomic mass is 32.1. The number of anilines is 3. The summed E-state index contributed by atoms with van der Waals surface area (Å²) >= 11 is 1.29. The summed E-state index contributed by atoms with van der Waals surface area (Å²) in [5.41, 5.74) is 2.32. The number of benzene rings is 1. The van der Waals surface area contributed by atoms with Crippen LogP contribution in [0.3, 0.4) is 0 Å². The van der Waals surface area contributed by atoms with E-state index in [0.29, 0.717) is 23.0 Å². The molecular formula is C18H18N4O3S. The lowest BCUT2D eigenvalue weighted by Crippen LogP contribution is -2.05. The van der Waals surface area contributed by atoms with Gasteiger partial charge in [-0.3, -0.25) is 4.79 Å². The standard InChI is InChI=1S/C18H18N4O3S/c1-4-25-18(24)15-10(2)14-16(19-9-20-17(14)26-15)22-13-7-5-12(6-8-13)21-11(3)23/h5-9H,4H2,1-3H3,(H,21,23)(H,19,20,22). The molecule has 0 atom stereocenters. The topological polar surface area (TPSA) is 93.2 Å². The van der Waals surface area contributed by atoms with Gasteiger partial charge in [0.05, 0.1) is 12.0 Å². The van der Waals surface area contributed by atoms with Gasteiger partial charge in [-0.15, -0.1) is 11.3 Å². The normalized spacial score (nSPS) is 10.6. The zero-order chi connectivity index (χ0) is 18.7. The predicted molar refractivity (Wildman–Crippen MR) is 102 cm³/mol. The van der Waals surface area contributed by atoms with E-state index in [-0.39, 0.29) is 11.9 Å². The zero-order valence-electron chi connectivity index (χ0n) is 14.6. The van der Waals surface area contributed by atoms with E-state index in [1.165, 1.54) is 24.6 Å². The quantitative estimate of drug-likeness (QED) is 0.662. The van der Waals surface area contributed by atoms with E-state index in [1.807, 2.05) is 19.1 Å². The summed E-state index contributed by atoms with van der Waals surface area (Å²) in [7, 11) is 0. The summed E-state index contributed by atoms with van der Waals surface area (Å²) in [5, 5.41) is 6.76. The minimum Gasteiger partial charge on any atom is -0.462 e. The summed E-state index contributed by atoms with van der Waals surface area (Å²) in [5.74, 6) is 0.147. The Morgan fingerprint density at radius 3 is 2.50 bits per heavy atom. The molecule has 1 aromatic carbocycles. The van der Waals surface area contributed by atoms with Gasteiger partial charge in [0.2, 0.25) is 5.91 Å². The Hall–Kier alpha value is -3.00. The lowest BCUT2D eigenvalue weighted by atomic mass is 10.2. The van der Waals surface area contributed by atoms with Gasteiger partial charge in [-0.2, -0.15) is 0 Å². The van der Waals surface area contributed by atoms with Gasteiger partial charge in [0.25, 0.3) is 0 Å². The maximum Gasteiger partial charge on any atom is 0.348 e. The van der Waals surface area contributed by atoms with Crippen LogP contribution in [0.5, 0.6) is 0 Å². The highest BCUT2D eigenvalue weighted by Gasteiger charge is 2.20. The van der Waals surface area contributed by atoms with Crippen molar-refractivity contribution in [1.82, 2.24) is 9.97 Å². The monoisotopic (exact) mass is 370 g/mol. The smallest absolute Gasteiger partial charge is 0.348 e. The van der Waals surface area contributed by atoms with Crippen LogP contribution in [0.1, 0.15) is 29.1 Å². The molecule has 0 spiro atoms. The maximum absolute atomic E-state index is 12.1. The molecule has 2 N–H and O–H groups in total. The molecule has 0 fully saturated rings. The minimum absolute atomic E-state index is 0.122. The molecule has 3 aromatic rings. The Labute approximate surface area is 154 Å². The van der Waals surface area contributed by atoms with Crippen molar-refractivity contribution < 1.29 is 14.3 Å². The van der Waals surface area contributed by atoms with Crippen LogP contribution in [0.2, 0.25) is 0 Å². The number of amides is 1. The summed E-state index contributed by atoms with van der Waals surface area (Å²) in [6, 6.07) is 7.28. The van der Waals surface area contributed by atoms with Crippen molar-refractivity contribution in [3.8, 4) is 0 Å². The van der Waals surface area contributed by atoms with E-state index in [1.54, 1.807) is 19.1 Å². The maximum atomic E-state index is 12.1. The number of nitrogens with zero attached hydrogens (tertiary/aromatic N) is 2. The molecule has 0 saturated carbocycles. The molecule has 0 aliphatic carbocycles. The lowest BCUT2D eigenvalue weighted by molar-refractivity contribution is -0.114. The highest BCUT2D eigenvalue weighted by molar-refractivity contribution is 7.20. The molecule has 0 aliphatic heterocycles. The lowest BCUT2D eigenvalue weighted by Gasteiger charge is -2.08. The van der Waals surface area contributed by atoms with Crippen LogP contribution in [0.4, 0.5) is 17.2 Å². The average Bonchev–Trinajstić information content (AvgIpc) is 2.94. The molecule has 1 amide bonds. The number of rotatable bonds is 5. The van der Waals surface area contributed by atoms with Gasteiger partial charge in [0, 0.05) is 18.3 Å². The van der Waals surface area contributed by atoms with Gasteiger partial charge in [-0.05, 0) is 43.7 Å². The first-order valence-corrected chi connectivity index (χ1v) is 8.87. The Balaban J connectivity index is 1.93. The van der Waals surface area contributed by atoms with Crippen LogP contribution in [0.15, 0.2) is 30.6 Å². The van der Waals surface area contributed by atoms with Crippen LogP contribution >= 0.6 is 11.3 Å². The molecule has 2 aromatic heterocycles. The summed E-state index contributed by atoms with van der Waals surface area (Å²) in [6.45, 7) is 5.42. The third-order valence-corrected chi connectivity index (χ3v) is 4.84. The Morgan fingerprint density at radius 2 is 1.85 bits per heavy atom. The second-order valence-electron chi connectivity index (χ2n) is 5.56. The van der Waals surface area contributed by atoms with E-state index in [0.717, 1.165) is 21.5 Å². The number of thiophene rings is 1. The molecule has 0 aliphatic rings. The minimum atomic E-state index is -0.349. The first-order valence-electron chi connectivity index (χ1n) is 8.05. The van der Waals surface area contributed by atoms with Crippen molar-refractivity contribution in [2.45, 2.75) is 20.8 Å². The molecule has 2 heterocycles. The van der Waals surface area contributed by atoms with Gasteiger partial charge >= 0.3 is 5.97 Å². The first kappa shape index (κ1) is 17.8. The van der Waals surface area contributed by atoms with Crippen LogP contribution in [-0.4, -0.2) is 28.5 Å². The van der Waals surface area contributed by atoms with Crippen molar-refractivity contribution in [2.24, 2.45) is 0 Å². The Kier molecular flexibility index (Phi) is 5.13.